The number of fused-ring (bicyclic) bond motifs is 1. The lowest BCUT2D eigenvalue weighted by molar-refractivity contribution is 0.616. The molecule has 18 heavy (non-hydrogen) atoms. The van der Waals surface area contributed by atoms with Crippen LogP contribution in [0.25, 0.3) is 11.1 Å². The first kappa shape index (κ1) is 10.6. The van der Waals surface area contributed by atoms with Gasteiger partial charge in [-0.1, -0.05) is 0 Å². The molecule has 3 N–H and O–H groups in total. The number of hydrogen-bond donors (Lipinski definition) is 2. The minimum atomic E-state index is -0.338. The molecule has 0 fully saturated rings. The maximum absolute atomic E-state index is 13.0. The van der Waals surface area contributed by atoms with Crippen molar-refractivity contribution in [3.8, 4) is 0 Å². The Morgan fingerprint density at radius 3 is 2.67 bits per heavy atom. The van der Waals surface area contributed by atoms with E-state index < -0.39 is 0 Å². The molecule has 0 aliphatic rings. The van der Waals surface area contributed by atoms with Crippen LogP contribution in [0.5, 0.6) is 0 Å². The Morgan fingerprint density at radius 1 is 1.11 bits per heavy atom. The molecular formula is C13H10FN3O. The Morgan fingerprint density at radius 2 is 1.89 bits per heavy atom. The van der Waals surface area contributed by atoms with Gasteiger partial charge in [0.25, 0.3) is 6.01 Å². The predicted molar refractivity (Wildman–Crippen MR) is 68.1 cm³/mol. The van der Waals surface area contributed by atoms with Gasteiger partial charge in [0.15, 0.2) is 5.58 Å². The highest BCUT2D eigenvalue weighted by atomic mass is 19.1. The van der Waals surface area contributed by atoms with E-state index in [0.29, 0.717) is 22.8 Å². The number of aromatic nitrogens is 1. The van der Waals surface area contributed by atoms with Crippen molar-refractivity contribution < 1.29 is 8.81 Å². The van der Waals surface area contributed by atoms with Gasteiger partial charge in [0.2, 0.25) is 0 Å². The van der Waals surface area contributed by atoms with Gasteiger partial charge in [0.1, 0.15) is 11.3 Å². The zero-order valence-corrected chi connectivity index (χ0v) is 9.35. The summed E-state index contributed by atoms with van der Waals surface area (Å²) in [4.78, 5) is 4.14. The number of benzene rings is 2. The predicted octanol–water partition coefficient (Wildman–Crippen LogP) is 3.29. The highest BCUT2D eigenvalue weighted by Crippen LogP contribution is 2.23. The fraction of sp³-hybridized carbons (Fsp3) is 0. The van der Waals surface area contributed by atoms with Crippen LogP contribution in [0.15, 0.2) is 46.9 Å². The molecule has 0 saturated carbocycles. The van der Waals surface area contributed by atoms with Gasteiger partial charge in [0.05, 0.1) is 0 Å². The molecule has 90 valence electrons. The molecule has 0 atom stereocenters. The van der Waals surface area contributed by atoms with E-state index in [2.05, 4.69) is 10.3 Å². The van der Waals surface area contributed by atoms with Crippen LogP contribution >= 0.6 is 0 Å². The average Bonchev–Trinajstić information content (AvgIpc) is 2.73. The average molecular weight is 243 g/mol. The number of nitrogens with zero attached hydrogens (tertiary/aromatic N) is 1. The number of rotatable bonds is 2. The Kier molecular flexibility index (Phi) is 2.37. The fourth-order valence-electron chi connectivity index (χ4n) is 1.64. The largest absolute Gasteiger partial charge is 0.423 e. The number of hydrogen-bond acceptors (Lipinski definition) is 4. The lowest BCUT2D eigenvalue weighted by Gasteiger charge is -2.00. The summed E-state index contributed by atoms with van der Waals surface area (Å²) < 4.78 is 18.4. The first-order valence-electron chi connectivity index (χ1n) is 5.39. The molecule has 4 nitrogen and oxygen atoms in total. The normalized spacial score (nSPS) is 10.7. The monoisotopic (exact) mass is 243 g/mol. The summed E-state index contributed by atoms with van der Waals surface area (Å²) in [5.41, 5.74) is 8.09. The summed E-state index contributed by atoms with van der Waals surface area (Å²) in [5, 5.41) is 2.98. The smallest absolute Gasteiger partial charge is 0.300 e. The molecule has 1 aromatic heterocycles. The first-order valence-corrected chi connectivity index (χ1v) is 5.39. The second-order valence-corrected chi connectivity index (χ2v) is 3.88. The van der Waals surface area contributed by atoms with E-state index >= 15 is 0 Å². The molecule has 2 aromatic carbocycles. The van der Waals surface area contributed by atoms with Crippen molar-refractivity contribution in [1.82, 2.24) is 4.98 Å². The van der Waals surface area contributed by atoms with Gasteiger partial charge in [-0.25, -0.2) is 4.39 Å². The second-order valence-electron chi connectivity index (χ2n) is 3.88. The number of oxazole rings is 1. The van der Waals surface area contributed by atoms with Crippen LogP contribution in [0, 0.1) is 5.82 Å². The van der Waals surface area contributed by atoms with Gasteiger partial charge in [0, 0.05) is 17.4 Å². The molecule has 0 bridgehead atoms. The summed E-state index contributed by atoms with van der Waals surface area (Å²) in [5.74, 6) is -0.338. The molecule has 0 spiro atoms. The third kappa shape index (κ3) is 1.98. The molecular weight excluding hydrogens is 233 g/mol. The zero-order valence-electron chi connectivity index (χ0n) is 9.35. The van der Waals surface area contributed by atoms with E-state index in [-0.39, 0.29) is 5.82 Å². The molecule has 0 amide bonds. The van der Waals surface area contributed by atoms with Gasteiger partial charge in [-0.2, -0.15) is 4.98 Å². The molecule has 0 radical (unpaired) electrons. The maximum Gasteiger partial charge on any atom is 0.300 e. The van der Waals surface area contributed by atoms with Gasteiger partial charge in [-0.15, -0.1) is 0 Å². The van der Waals surface area contributed by atoms with Crippen LogP contribution in [-0.2, 0) is 0 Å². The van der Waals surface area contributed by atoms with E-state index in [1.165, 1.54) is 12.1 Å². The number of nitrogens with one attached hydrogen (secondary N) is 1. The molecule has 5 heteroatoms. The summed E-state index contributed by atoms with van der Waals surface area (Å²) in [6.07, 6.45) is 0. The van der Waals surface area contributed by atoms with Crippen LogP contribution in [0.3, 0.4) is 0 Å². The van der Waals surface area contributed by atoms with E-state index in [1.54, 1.807) is 18.2 Å². The summed E-state index contributed by atoms with van der Waals surface area (Å²) in [7, 11) is 0. The lowest BCUT2D eigenvalue weighted by Crippen LogP contribution is -1.90. The topological polar surface area (TPSA) is 64.1 Å². The van der Waals surface area contributed by atoms with E-state index in [1.807, 2.05) is 12.1 Å². The lowest BCUT2D eigenvalue weighted by atomic mass is 10.3. The minimum Gasteiger partial charge on any atom is -0.423 e. The number of nitrogens with two attached hydrogens (primary N) is 1. The Labute approximate surface area is 102 Å². The van der Waals surface area contributed by atoms with Crippen LogP contribution < -0.4 is 11.1 Å². The molecule has 0 saturated heterocycles. The van der Waals surface area contributed by atoms with Crippen molar-refractivity contribution in [2.75, 3.05) is 11.1 Å². The summed E-state index contributed by atoms with van der Waals surface area (Å²) in [6.45, 7) is 0. The van der Waals surface area contributed by atoms with Crippen molar-refractivity contribution in [3.05, 3.63) is 48.3 Å². The van der Waals surface area contributed by atoms with E-state index in [0.717, 1.165) is 5.69 Å². The van der Waals surface area contributed by atoms with Crippen LogP contribution in [0.1, 0.15) is 0 Å². The third-order valence-corrected chi connectivity index (χ3v) is 2.51. The number of halogens is 1. The van der Waals surface area contributed by atoms with Crippen LogP contribution in [0.2, 0.25) is 0 Å². The number of nitrogen functional groups attached to an aromatic ring is 1. The molecule has 3 rings (SSSR count). The minimum absolute atomic E-state index is 0.320. The van der Waals surface area contributed by atoms with Crippen molar-refractivity contribution in [2.24, 2.45) is 0 Å². The molecule has 0 unspecified atom stereocenters. The third-order valence-electron chi connectivity index (χ3n) is 2.51. The van der Waals surface area contributed by atoms with Crippen LogP contribution in [0.4, 0.5) is 21.8 Å². The van der Waals surface area contributed by atoms with Crippen molar-refractivity contribution >= 4 is 28.5 Å². The molecule has 3 aromatic rings. The molecule has 0 aliphatic carbocycles. The highest BCUT2D eigenvalue weighted by Gasteiger charge is 2.06. The Bertz CT molecular complexity index is 691. The Hall–Kier alpha value is -2.56. The van der Waals surface area contributed by atoms with Gasteiger partial charge < -0.3 is 15.5 Å². The zero-order chi connectivity index (χ0) is 12.5. The molecule has 0 aliphatic heterocycles. The first-order chi connectivity index (χ1) is 8.70. The van der Waals surface area contributed by atoms with Crippen molar-refractivity contribution in [3.63, 3.8) is 0 Å². The van der Waals surface area contributed by atoms with E-state index in [4.69, 9.17) is 10.2 Å². The highest BCUT2D eigenvalue weighted by molar-refractivity contribution is 5.75. The summed E-state index contributed by atoms with van der Waals surface area (Å²) in [6, 6.07) is 11.7. The quantitative estimate of drug-likeness (QED) is 0.678. The van der Waals surface area contributed by atoms with E-state index in [9.17, 15) is 4.39 Å². The molecule has 1 heterocycles. The summed E-state index contributed by atoms with van der Waals surface area (Å²) >= 11 is 0. The standard InChI is InChI=1S/C13H10FN3O/c14-8-1-6-12-11(7-8)17-13(18-12)16-10-4-2-9(15)3-5-10/h1-7H,15H2,(H,16,17). The Balaban J connectivity index is 1.92. The van der Waals surface area contributed by atoms with Crippen molar-refractivity contribution in [1.29, 1.82) is 0 Å². The van der Waals surface area contributed by atoms with Gasteiger partial charge in [-0.05, 0) is 36.4 Å². The van der Waals surface area contributed by atoms with Crippen LogP contribution in [-0.4, -0.2) is 4.98 Å². The van der Waals surface area contributed by atoms with Crippen molar-refractivity contribution in [2.45, 2.75) is 0 Å². The van der Waals surface area contributed by atoms with Gasteiger partial charge >= 0.3 is 0 Å². The number of anilines is 3. The SMILES string of the molecule is Nc1ccc(Nc2nc3cc(F)ccc3o2)cc1. The van der Waals surface area contributed by atoms with Gasteiger partial charge in [-0.3, -0.25) is 0 Å². The second kappa shape index (κ2) is 4.03. The fourth-order valence-corrected chi connectivity index (χ4v) is 1.64. The maximum atomic E-state index is 13.0.